The number of nitrogens with zero attached hydrogens (tertiary/aromatic N) is 1. The van der Waals surface area contributed by atoms with Gasteiger partial charge in [0, 0.05) is 0 Å². The fourth-order valence-electron chi connectivity index (χ4n) is 1.30. The molecule has 1 aromatic rings. The van der Waals surface area contributed by atoms with Crippen molar-refractivity contribution in [2.75, 3.05) is 12.4 Å². The van der Waals surface area contributed by atoms with Gasteiger partial charge in [-0.1, -0.05) is 0 Å². The van der Waals surface area contributed by atoms with Crippen molar-refractivity contribution in [3.8, 4) is 5.75 Å². The summed E-state index contributed by atoms with van der Waals surface area (Å²) in [6.07, 6.45) is 0. The van der Waals surface area contributed by atoms with Crippen LogP contribution < -0.4 is 15.8 Å². The molecule has 0 heterocycles. The van der Waals surface area contributed by atoms with E-state index in [1.807, 2.05) is 0 Å². The Morgan fingerprint density at radius 1 is 1.58 bits per heavy atom. The van der Waals surface area contributed by atoms with Gasteiger partial charge in [-0.3, -0.25) is 14.7 Å². The Balaban J connectivity index is 3.61. The summed E-state index contributed by atoms with van der Waals surface area (Å²) in [5, 5.41) is 13.0. The van der Waals surface area contributed by atoms with Crippen molar-refractivity contribution in [2.45, 2.75) is 4.90 Å². The number of benzene rings is 1. The molecule has 1 aromatic carbocycles. The van der Waals surface area contributed by atoms with Crippen LogP contribution >= 0.6 is 12.2 Å². The van der Waals surface area contributed by atoms with Gasteiger partial charge >= 0.3 is 10.1 Å². The molecular formula is C8H9N3O6S2. The highest BCUT2D eigenvalue weighted by molar-refractivity contribution is 7.86. The lowest BCUT2D eigenvalue weighted by Gasteiger charge is -2.11. The molecule has 0 aromatic heterocycles. The second-order valence-corrected chi connectivity index (χ2v) is 5.07. The van der Waals surface area contributed by atoms with Crippen LogP contribution in [0, 0.1) is 10.1 Å². The van der Waals surface area contributed by atoms with E-state index in [4.69, 9.17) is 15.0 Å². The second-order valence-electron chi connectivity index (χ2n) is 3.24. The van der Waals surface area contributed by atoms with Crippen molar-refractivity contribution in [2.24, 2.45) is 5.73 Å². The molecule has 1 rings (SSSR count). The SMILES string of the molecule is COc1cc([N+](=O)[O-])c(S(=O)(=O)O)cc1NC(N)=S. The van der Waals surface area contributed by atoms with Crippen LogP contribution in [0.3, 0.4) is 0 Å². The number of anilines is 1. The van der Waals surface area contributed by atoms with Crippen LogP contribution in [0.2, 0.25) is 0 Å². The predicted molar refractivity (Wildman–Crippen MR) is 69.9 cm³/mol. The van der Waals surface area contributed by atoms with Crippen molar-refractivity contribution < 1.29 is 22.6 Å². The molecule has 0 radical (unpaired) electrons. The van der Waals surface area contributed by atoms with Crippen molar-refractivity contribution in [3.05, 3.63) is 22.2 Å². The summed E-state index contributed by atoms with van der Waals surface area (Å²) in [5.41, 5.74) is 4.38. The molecule has 0 aliphatic rings. The minimum atomic E-state index is -4.78. The first kappa shape index (κ1) is 15.1. The minimum Gasteiger partial charge on any atom is -0.494 e. The van der Waals surface area contributed by atoms with E-state index in [1.165, 1.54) is 7.11 Å². The Morgan fingerprint density at radius 2 is 2.16 bits per heavy atom. The third kappa shape index (κ3) is 3.49. The van der Waals surface area contributed by atoms with E-state index in [2.05, 4.69) is 17.5 Å². The highest BCUT2D eigenvalue weighted by Crippen LogP contribution is 2.35. The normalized spacial score (nSPS) is 10.8. The molecule has 104 valence electrons. The van der Waals surface area contributed by atoms with Crippen molar-refractivity contribution in [1.82, 2.24) is 0 Å². The molecule has 0 saturated heterocycles. The number of rotatable bonds is 4. The van der Waals surface area contributed by atoms with E-state index in [0.717, 1.165) is 12.1 Å². The number of nitro groups is 1. The van der Waals surface area contributed by atoms with Gasteiger partial charge in [0.05, 0.1) is 23.8 Å². The number of nitrogens with one attached hydrogen (secondary N) is 1. The Kier molecular flexibility index (Phi) is 4.24. The van der Waals surface area contributed by atoms with Crippen molar-refractivity contribution in [3.63, 3.8) is 0 Å². The van der Waals surface area contributed by atoms with E-state index < -0.39 is 25.6 Å². The summed E-state index contributed by atoms with van der Waals surface area (Å²) in [4.78, 5) is 8.92. The number of methoxy groups -OCH3 is 1. The molecule has 0 aliphatic carbocycles. The van der Waals surface area contributed by atoms with Gasteiger partial charge in [0.2, 0.25) is 0 Å². The molecule has 9 nitrogen and oxygen atoms in total. The fraction of sp³-hybridized carbons (Fsp3) is 0.125. The molecule has 0 fully saturated rings. The third-order valence-corrected chi connectivity index (χ3v) is 3.00. The molecule has 0 unspecified atom stereocenters. The molecule has 11 heteroatoms. The van der Waals surface area contributed by atoms with Crippen LogP contribution in [-0.2, 0) is 10.1 Å². The van der Waals surface area contributed by atoms with Crippen LogP contribution in [-0.4, -0.2) is 30.1 Å². The average molecular weight is 307 g/mol. The van der Waals surface area contributed by atoms with Crippen LogP contribution in [0.15, 0.2) is 17.0 Å². The van der Waals surface area contributed by atoms with Crippen LogP contribution in [0.4, 0.5) is 11.4 Å². The van der Waals surface area contributed by atoms with Gasteiger partial charge < -0.3 is 15.8 Å². The zero-order chi connectivity index (χ0) is 14.8. The van der Waals surface area contributed by atoms with Gasteiger partial charge in [-0.25, -0.2) is 0 Å². The summed E-state index contributed by atoms with van der Waals surface area (Å²) in [6.45, 7) is 0. The predicted octanol–water partition coefficient (Wildman–Crippen LogP) is 0.506. The second kappa shape index (κ2) is 5.34. The third-order valence-electron chi connectivity index (χ3n) is 2.01. The number of thiocarbonyl (C=S) groups is 1. The van der Waals surface area contributed by atoms with Gasteiger partial charge in [-0.05, 0) is 18.3 Å². The lowest BCUT2D eigenvalue weighted by molar-refractivity contribution is -0.387. The van der Waals surface area contributed by atoms with E-state index in [1.54, 1.807) is 0 Å². The maximum Gasteiger partial charge on any atom is 0.301 e. The summed E-state index contributed by atoms with van der Waals surface area (Å²) in [6, 6.07) is 1.65. The van der Waals surface area contributed by atoms with E-state index in [-0.39, 0.29) is 16.5 Å². The first-order valence-electron chi connectivity index (χ1n) is 4.57. The standard InChI is InChI=1S/C8H9N3O6S2/c1-17-6-3-5(11(12)13)7(19(14,15)16)2-4(6)10-8(9)18/h2-3H,1H3,(H3,9,10,18)(H,14,15,16). The van der Waals surface area contributed by atoms with Gasteiger partial charge in [0.15, 0.2) is 10.0 Å². The molecule has 0 bridgehead atoms. The number of nitrogens with two attached hydrogens (primary N) is 1. The Labute approximate surface area is 113 Å². The molecular weight excluding hydrogens is 298 g/mol. The quantitative estimate of drug-likeness (QED) is 0.313. The van der Waals surface area contributed by atoms with Gasteiger partial charge in [-0.15, -0.1) is 0 Å². The lowest BCUT2D eigenvalue weighted by atomic mass is 10.2. The topological polar surface area (TPSA) is 145 Å². The molecule has 19 heavy (non-hydrogen) atoms. The molecule has 0 atom stereocenters. The maximum absolute atomic E-state index is 11.1. The lowest BCUT2D eigenvalue weighted by Crippen LogP contribution is -2.20. The number of nitro benzene ring substituents is 1. The van der Waals surface area contributed by atoms with Gasteiger partial charge in [-0.2, -0.15) is 8.42 Å². The van der Waals surface area contributed by atoms with Crippen molar-refractivity contribution in [1.29, 1.82) is 0 Å². The van der Waals surface area contributed by atoms with E-state index in [9.17, 15) is 18.5 Å². The molecule has 0 amide bonds. The first-order chi connectivity index (χ1) is 8.66. The fourth-order valence-corrected chi connectivity index (χ4v) is 2.07. The largest absolute Gasteiger partial charge is 0.494 e. The Bertz CT molecular complexity index is 642. The molecule has 0 spiro atoms. The summed E-state index contributed by atoms with van der Waals surface area (Å²) in [5.74, 6) is -0.0492. The zero-order valence-electron chi connectivity index (χ0n) is 9.48. The number of hydrogen-bond acceptors (Lipinski definition) is 6. The van der Waals surface area contributed by atoms with Crippen LogP contribution in [0.5, 0.6) is 5.75 Å². The monoisotopic (exact) mass is 307 g/mol. The molecule has 0 saturated carbocycles. The van der Waals surface area contributed by atoms with E-state index >= 15 is 0 Å². The highest BCUT2D eigenvalue weighted by Gasteiger charge is 2.27. The number of ether oxygens (including phenoxy) is 1. The minimum absolute atomic E-state index is 0.0202. The van der Waals surface area contributed by atoms with Crippen molar-refractivity contribution >= 4 is 38.8 Å². The van der Waals surface area contributed by atoms with E-state index in [0.29, 0.717) is 0 Å². The smallest absolute Gasteiger partial charge is 0.301 e. The molecule has 0 aliphatic heterocycles. The van der Waals surface area contributed by atoms with Crippen LogP contribution in [0.1, 0.15) is 0 Å². The summed E-state index contributed by atoms with van der Waals surface area (Å²) < 4.78 is 36.1. The number of hydrogen-bond donors (Lipinski definition) is 3. The first-order valence-corrected chi connectivity index (χ1v) is 6.42. The average Bonchev–Trinajstić information content (AvgIpc) is 2.26. The Morgan fingerprint density at radius 3 is 2.53 bits per heavy atom. The molecule has 4 N–H and O–H groups in total. The summed E-state index contributed by atoms with van der Waals surface area (Å²) in [7, 11) is -3.56. The van der Waals surface area contributed by atoms with Crippen LogP contribution in [0.25, 0.3) is 0 Å². The zero-order valence-corrected chi connectivity index (χ0v) is 11.1. The Hall–Kier alpha value is -1.98. The highest BCUT2D eigenvalue weighted by atomic mass is 32.2. The van der Waals surface area contributed by atoms with Gasteiger partial charge in [0.25, 0.3) is 5.69 Å². The van der Waals surface area contributed by atoms with Gasteiger partial charge in [0.1, 0.15) is 5.75 Å². The maximum atomic E-state index is 11.1. The summed E-state index contributed by atoms with van der Waals surface area (Å²) >= 11 is 4.57.